The van der Waals surface area contributed by atoms with E-state index in [0.717, 1.165) is 18.5 Å². The molecule has 2 rings (SSSR count). The first-order valence-electron chi connectivity index (χ1n) is 6.82. The molecule has 0 N–H and O–H groups in total. The van der Waals surface area contributed by atoms with Crippen LogP contribution in [0, 0.1) is 4.91 Å². The quantitative estimate of drug-likeness (QED) is 0.784. The Morgan fingerprint density at radius 3 is 2.76 bits per heavy atom. The van der Waals surface area contributed by atoms with Crippen molar-refractivity contribution in [3.05, 3.63) is 22.9 Å². The first-order chi connectivity index (χ1) is 9.81. The highest BCUT2D eigenvalue weighted by Gasteiger charge is 2.30. The summed E-state index contributed by atoms with van der Waals surface area (Å²) in [6.45, 7) is 5.98. The fourth-order valence-corrected chi connectivity index (χ4v) is 2.13. The summed E-state index contributed by atoms with van der Waals surface area (Å²) < 4.78 is 5.40. The first-order valence-corrected chi connectivity index (χ1v) is 6.82. The molecular weight excluding hydrogens is 274 g/mol. The molecule has 21 heavy (non-hydrogen) atoms. The second-order valence-electron chi connectivity index (χ2n) is 5.83. The van der Waals surface area contributed by atoms with Crippen molar-refractivity contribution in [2.45, 2.75) is 39.2 Å². The van der Waals surface area contributed by atoms with Crippen molar-refractivity contribution in [3.63, 3.8) is 0 Å². The van der Waals surface area contributed by atoms with Gasteiger partial charge in [0.2, 0.25) is 0 Å². The molecule has 7 nitrogen and oxygen atoms in total. The van der Waals surface area contributed by atoms with Crippen LogP contribution in [0.2, 0.25) is 0 Å². The zero-order valence-corrected chi connectivity index (χ0v) is 12.8. The minimum Gasteiger partial charge on any atom is -0.443 e. The number of aromatic nitrogens is 1. The van der Waals surface area contributed by atoms with Crippen LogP contribution in [0.4, 0.5) is 16.2 Å². The van der Waals surface area contributed by atoms with E-state index in [2.05, 4.69) is 9.82 Å². The molecule has 0 saturated heterocycles. The number of nitrogens with zero attached hydrogens (tertiary/aromatic N) is 3. The summed E-state index contributed by atoms with van der Waals surface area (Å²) in [6.07, 6.45) is 2.58. The number of pyridine rings is 1. The highest BCUT2D eigenvalue weighted by molar-refractivity contribution is 5.89. The van der Waals surface area contributed by atoms with E-state index in [4.69, 9.17) is 4.74 Å². The fraction of sp³-hybridized carbons (Fsp3) is 0.571. The number of ether oxygens (including phenoxy) is 1. The van der Waals surface area contributed by atoms with Gasteiger partial charge in [-0.1, -0.05) is 0 Å². The monoisotopic (exact) mass is 294 g/mol. The predicted octanol–water partition coefficient (Wildman–Crippen LogP) is 2.74. The van der Waals surface area contributed by atoms with E-state index in [1.54, 1.807) is 6.07 Å². The van der Waals surface area contributed by atoms with Gasteiger partial charge >= 0.3 is 11.8 Å². The molecule has 114 valence electrons. The lowest BCUT2D eigenvalue weighted by atomic mass is 10.1. The normalized spacial score (nSPS) is 14.4. The molecular formula is C14H20N3O4+. The number of amides is 1. The van der Waals surface area contributed by atoms with Gasteiger partial charge < -0.3 is 4.74 Å². The average molecular weight is 294 g/mol. The van der Waals surface area contributed by atoms with Crippen LogP contribution in [0.25, 0.3) is 0 Å². The Bertz CT molecular complexity index is 566. The van der Waals surface area contributed by atoms with Crippen LogP contribution >= 0.6 is 0 Å². The van der Waals surface area contributed by atoms with Gasteiger partial charge in [-0.15, -0.1) is 0 Å². The molecule has 0 aliphatic carbocycles. The number of anilines is 1. The Morgan fingerprint density at radius 1 is 1.43 bits per heavy atom. The predicted molar refractivity (Wildman–Crippen MR) is 76.4 cm³/mol. The van der Waals surface area contributed by atoms with Gasteiger partial charge in [-0.25, -0.2) is 9.63 Å². The number of aryl methyl sites for hydroxylation is 1. The van der Waals surface area contributed by atoms with E-state index < -0.39 is 11.7 Å². The number of rotatable bonds is 2. The van der Waals surface area contributed by atoms with Crippen molar-refractivity contribution in [1.29, 1.82) is 0 Å². The van der Waals surface area contributed by atoms with Crippen LogP contribution in [-0.2, 0) is 16.0 Å². The third-order valence-electron chi connectivity index (χ3n) is 3.01. The smallest absolute Gasteiger partial charge is 0.414 e. The highest BCUT2D eigenvalue weighted by Crippen LogP contribution is 2.30. The number of carbonyl (C=O) groups is 1. The van der Waals surface area contributed by atoms with E-state index in [0.29, 0.717) is 17.2 Å². The maximum Gasteiger partial charge on any atom is 0.414 e. The second kappa shape index (κ2) is 5.67. The third kappa shape index (κ3) is 3.48. The van der Waals surface area contributed by atoms with Gasteiger partial charge in [0.1, 0.15) is 11.8 Å². The van der Waals surface area contributed by atoms with Gasteiger partial charge in [0.25, 0.3) is 4.92 Å². The molecule has 7 heteroatoms. The third-order valence-corrected chi connectivity index (χ3v) is 3.01. The van der Waals surface area contributed by atoms with Crippen LogP contribution in [0.3, 0.4) is 0 Å². The van der Waals surface area contributed by atoms with Gasteiger partial charge in [0.05, 0.1) is 16.3 Å². The Labute approximate surface area is 123 Å². The maximum absolute atomic E-state index is 12.3. The van der Waals surface area contributed by atoms with Gasteiger partial charge in [-0.3, -0.25) is 9.88 Å². The summed E-state index contributed by atoms with van der Waals surface area (Å²) in [6, 6.07) is 1.60. The molecule has 0 unspecified atom stereocenters. The average Bonchev–Trinajstić information content (AvgIpc) is 2.43. The van der Waals surface area contributed by atoms with Crippen LogP contribution < -0.4 is 4.90 Å². The van der Waals surface area contributed by atoms with Crippen molar-refractivity contribution >= 4 is 17.5 Å². The Kier molecular flexibility index (Phi) is 4.11. The minimum atomic E-state index is -0.573. The number of hydrogen-bond acceptors (Lipinski definition) is 5. The van der Waals surface area contributed by atoms with Crippen LogP contribution in [0.1, 0.15) is 32.9 Å². The van der Waals surface area contributed by atoms with Crippen molar-refractivity contribution in [1.82, 2.24) is 4.98 Å². The van der Waals surface area contributed by atoms with Crippen LogP contribution in [0.5, 0.6) is 0 Å². The highest BCUT2D eigenvalue weighted by atomic mass is 16.8. The molecule has 2 heterocycles. The van der Waals surface area contributed by atoms with Crippen molar-refractivity contribution in [3.8, 4) is 0 Å². The van der Waals surface area contributed by atoms with Gasteiger partial charge in [0.15, 0.2) is 7.11 Å². The van der Waals surface area contributed by atoms with Gasteiger partial charge in [-0.05, 0) is 33.6 Å². The Hall–Kier alpha value is -2.18. The number of fused-ring (bicyclic) bond motifs is 1. The largest absolute Gasteiger partial charge is 0.443 e. The molecule has 0 bridgehead atoms. The topological polar surface area (TPSA) is 71.7 Å². The lowest BCUT2D eigenvalue weighted by Gasteiger charge is -2.30. The van der Waals surface area contributed by atoms with Gasteiger partial charge in [-0.2, -0.15) is 0 Å². The molecule has 1 amide bonds. The van der Waals surface area contributed by atoms with E-state index >= 15 is 0 Å². The van der Waals surface area contributed by atoms with Crippen LogP contribution in [0.15, 0.2) is 12.3 Å². The maximum atomic E-state index is 12.3. The summed E-state index contributed by atoms with van der Waals surface area (Å²) in [5, 5.41) is 0. The summed E-state index contributed by atoms with van der Waals surface area (Å²) in [7, 11) is 1.28. The zero-order chi connectivity index (χ0) is 15.6. The molecule has 0 saturated carbocycles. The van der Waals surface area contributed by atoms with E-state index in [9.17, 15) is 9.70 Å². The van der Waals surface area contributed by atoms with E-state index in [1.807, 2.05) is 20.8 Å². The molecule has 1 aromatic heterocycles. The molecule has 1 aliphatic heterocycles. The molecule has 1 aliphatic rings. The lowest BCUT2D eigenvalue weighted by Crippen LogP contribution is -2.40. The summed E-state index contributed by atoms with van der Waals surface area (Å²) >= 11 is 0. The molecule has 1 aromatic rings. The summed E-state index contributed by atoms with van der Waals surface area (Å²) in [5.74, 6) is 0. The van der Waals surface area contributed by atoms with E-state index in [-0.39, 0.29) is 5.69 Å². The minimum absolute atomic E-state index is 0.242. The number of hydrogen-bond donors (Lipinski definition) is 0. The number of carbonyl (C=O) groups excluding carboxylic acids is 1. The molecule has 0 aromatic carbocycles. The SMILES string of the molecule is CO[N+](=O)c1cnc2c(c1)N(C(=O)OC(C)(C)C)CCC2. The zero-order valence-electron chi connectivity index (χ0n) is 12.8. The molecule has 0 spiro atoms. The Balaban J connectivity index is 2.33. The standard InChI is InChI=1S/C14H20N3O4/c1-14(2,3)21-13(18)16-7-5-6-11-12(16)8-10(9-15-11)17(19)20-4/h8-9H,5-7H2,1-4H3/q+1. The van der Waals surface area contributed by atoms with E-state index in [1.165, 1.54) is 18.2 Å². The lowest BCUT2D eigenvalue weighted by molar-refractivity contribution is -0.736. The molecule has 0 radical (unpaired) electrons. The summed E-state index contributed by atoms with van der Waals surface area (Å²) in [4.78, 5) is 34.5. The molecule has 0 fully saturated rings. The molecule has 0 atom stereocenters. The van der Waals surface area contributed by atoms with Crippen molar-refractivity contribution in [2.75, 3.05) is 18.6 Å². The van der Waals surface area contributed by atoms with Crippen molar-refractivity contribution < 1.29 is 19.3 Å². The van der Waals surface area contributed by atoms with Gasteiger partial charge in [0, 0.05) is 12.6 Å². The Morgan fingerprint density at radius 2 is 2.14 bits per heavy atom. The summed E-state index contributed by atoms with van der Waals surface area (Å²) in [5.41, 5.74) is 1.05. The fourth-order valence-electron chi connectivity index (χ4n) is 2.13. The second-order valence-corrected chi connectivity index (χ2v) is 5.83. The first kappa shape index (κ1) is 15.2. The van der Waals surface area contributed by atoms with Crippen molar-refractivity contribution in [2.24, 2.45) is 0 Å². The van der Waals surface area contributed by atoms with Crippen LogP contribution in [-0.4, -0.2) is 35.3 Å².